The first kappa shape index (κ1) is 16.9. The Morgan fingerprint density at radius 1 is 0.889 bits per heavy atom. The van der Waals surface area contributed by atoms with E-state index in [0.29, 0.717) is 6.42 Å². The molecule has 4 N–H and O–H groups in total. The van der Waals surface area contributed by atoms with Crippen LogP contribution >= 0.6 is 0 Å². The number of unbranched alkanes of at least 4 members (excludes halogenated alkanes) is 3. The molecule has 4 nitrogen and oxygen atoms in total. The normalized spacial score (nSPS) is 12.4. The number of nitrogens with two attached hydrogens (primary N) is 2. The molecule has 0 saturated heterocycles. The van der Waals surface area contributed by atoms with E-state index in [1.807, 2.05) is 13.8 Å². The fourth-order valence-electron chi connectivity index (χ4n) is 1.87. The molecule has 4 heteroatoms. The van der Waals surface area contributed by atoms with Crippen molar-refractivity contribution in [2.45, 2.75) is 66.2 Å². The zero-order valence-electron chi connectivity index (χ0n) is 12.2. The Morgan fingerprint density at radius 2 is 1.39 bits per heavy atom. The highest BCUT2D eigenvalue weighted by Gasteiger charge is 2.40. The number of rotatable bonds is 9. The third kappa shape index (κ3) is 5.07. The zero-order valence-corrected chi connectivity index (χ0v) is 12.2. The molecular weight excluding hydrogens is 228 g/mol. The second-order valence-electron chi connectivity index (χ2n) is 6.25. The number of carbonyl (C=O) groups is 2. The Balaban J connectivity index is 3.98. The molecule has 0 aliphatic heterocycles. The molecule has 106 valence electrons. The molecule has 0 bridgehead atoms. The van der Waals surface area contributed by atoms with Gasteiger partial charge in [-0.1, -0.05) is 47.0 Å². The number of amides is 2. The molecule has 0 aromatic carbocycles. The van der Waals surface area contributed by atoms with Gasteiger partial charge in [-0.05, 0) is 18.3 Å². The van der Waals surface area contributed by atoms with Crippen LogP contribution in [0.2, 0.25) is 0 Å². The van der Waals surface area contributed by atoms with Crippen molar-refractivity contribution >= 4 is 11.8 Å². The third-order valence-corrected chi connectivity index (χ3v) is 4.28. The minimum atomic E-state index is -0.500. The van der Waals surface area contributed by atoms with E-state index < -0.39 is 5.41 Å². The number of hydrogen-bond donors (Lipinski definition) is 2. The molecule has 0 aromatic heterocycles. The lowest BCUT2D eigenvalue weighted by molar-refractivity contribution is -0.132. The summed E-state index contributed by atoms with van der Waals surface area (Å²) >= 11 is 0. The summed E-state index contributed by atoms with van der Waals surface area (Å²) in [6.45, 7) is 7.98. The molecule has 0 radical (unpaired) electrons. The van der Waals surface area contributed by atoms with Gasteiger partial charge >= 0.3 is 0 Å². The van der Waals surface area contributed by atoms with Crippen molar-refractivity contribution in [2.75, 3.05) is 0 Å². The molecule has 0 rings (SSSR count). The van der Waals surface area contributed by atoms with Crippen molar-refractivity contribution in [3.05, 3.63) is 0 Å². The fraction of sp³-hybridized carbons (Fsp3) is 0.857. The first-order valence-corrected chi connectivity index (χ1v) is 6.69. The van der Waals surface area contributed by atoms with Crippen molar-refractivity contribution in [3.63, 3.8) is 0 Å². The molecule has 0 fully saturated rings. The number of carbonyl (C=O) groups excluding carboxylic acids is 2. The smallest absolute Gasteiger partial charge is 0.223 e. The van der Waals surface area contributed by atoms with Crippen molar-refractivity contribution in [1.29, 1.82) is 0 Å². The van der Waals surface area contributed by atoms with Crippen LogP contribution in [-0.2, 0) is 9.59 Å². The first-order chi connectivity index (χ1) is 8.11. The Kier molecular flexibility index (Phi) is 6.36. The van der Waals surface area contributed by atoms with Crippen LogP contribution in [-0.4, -0.2) is 11.8 Å². The highest BCUT2D eigenvalue weighted by atomic mass is 16.1. The minimum Gasteiger partial charge on any atom is -0.370 e. The van der Waals surface area contributed by atoms with Crippen molar-refractivity contribution < 1.29 is 9.59 Å². The van der Waals surface area contributed by atoms with Crippen LogP contribution in [0, 0.1) is 10.8 Å². The fourth-order valence-corrected chi connectivity index (χ4v) is 1.87. The summed E-state index contributed by atoms with van der Waals surface area (Å²) in [7, 11) is 0. The molecule has 0 heterocycles. The van der Waals surface area contributed by atoms with E-state index in [1.165, 1.54) is 0 Å². The summed E-state index contributed by atoms with van der Waals surface area (Å²) in [6, 6.07) is 0. The lowest BCUT2D eigenvalue weighted by Gasteiger charge is -2.39. The van der Waals surface area contributed by atoms with Crippen molar-refractivity contribution in [2.24, 2.45) is 22.3 Å². The Labute approximate surface area is 110 Å². The van der Waals surface area contributed by atoms with Gasteiger partial charge in [0.2, 0.25) is 11.8 Å². The predicted molar refractivity (Wildman–Crippen MR) is 73.7 cm³/mol. The molecule has 0 aromatic rings. The topological polar surface area (TPSA) is 86.2 Å². The maximum atomic E-state index is 11.4. The second-order valence-corrected chi connectivity index (χ2v) is 6.25. The first-order valence-electron chi connectivity index (χ1n) is 6.69. The van der Waals surface area contributed by atoms with Gasteiger partial charge in [0.25, 0.3) is 0 Å². The standard InChI is InChI=1S/C14H28N2O2/c1-13(2,14(3,4)12(16)18)10-8-6-5-7-9-11(15)17/h5-10H2,1-4H3,(H2,15,17)(H2,16,18). The van der Waals surface area contributed by atoms with Gasteiger partial charge in [-0.15, -0.1) is 0 Å². The van der Waals surface area contributed by atoms with Crippen molar-refractivity contribution in [1.82, 2.24) is 0 Å². The van der Waals surface area contributed by atoms with Gasteiger partial charge in [0.05, 0.1) is 0 Å². The summed E-state index contributed by atoms with van der Waals surface area (Å²) < 4.78 is 0. The molecule has 0 atom stereocenters. The molecule has 2 amide bonds. The molecule has 18 heavy (non-hydrogen) atoms. The van der Waals surface area contributed by atoms with Crippen LogP contribution in [0.25, 0.3) is 0 Å². The van der Waals surface area contributed by atoms with Gasteiger partial charge in [0.15, 0.2) is 0 Å². The van der Waals surface area contributed by atoms with E-state index in [-0.39, 0.29) is 17.2 Å². The van der Waals surface area contributed by atoms with E-state index in [2.05, 4.69) is 13.8 Å². The molecule has 0 aliphatic rings. The van der Waals surface area contributed by atoms with Crippen LogP contribution in [0.3, 0.4) is 0 Å². The van der Waals surface area contributed by atoms with E-state index in [1.54, 1.807) is 0 Å². The van der Waals surface area contributed by atoms with Gasteiger partial charge in [-0.25, -0.2) is 0 Å². The van der Waals surface area contributed by atoms with Gasteiger partial charge < -0.3 is 11.5 Å². The summed E-state index contributed by atoms with van der Waals surface area (Å²) in [6.07, 6.45) is 5.40. The average molecular weight is 256 g/mol. The van der Waals surface area contributed by atoms with Crippen LogP contribution in [0.4, 0.5) is 0 Å². The van der Waals surface area contributed by atoms with Gasteiger partial charge in [-0.2, -0.15) is 0 Å². The van der Waals surface area contributed by atoms with Crippen LogP contribution in [0.5, 0.6) is 0 Å². The highest BCUT2D eigenvalue weighted by Crippen LogP contribution is 2.42. The lowest BCUT2D eigenvalue weighted by atomic mass is 9.65. The molecule has 0 unspecified atom stereocenters. The minimum absolute atomic E-state index is 0.109. The largest absolute Gasteiger partial charge is 0.370 e. The summed E-state index contributed by atoms with van der Waals surface area (Å²) in [5, 5.41) is 0. The number of primary amides is 2. The van der Waals surface area contributed by atoms with Gasteiger partial charge in [-0.3, -0.25) is 9.59 Å². The summed E-state index contributed by atoms with van der Waals surface area (Å²) in [5.74, 6) is -0.480. The molecular formula is C14H28N2O2. The zero-order chi connectivity index (χ0) is 14.4. The van der Waals surface area contributed by atoms with Crippen LogP contribution in [0.15, 0.2) is 0 Å². The maximum absolute atomic E-state index is 11.4. The molecule has 0 saturated carbocycles. The third-order valence-electron chi connectivity index (χ3n) is 4.28. The average Bonchev–Trinajstić information content (AvgIpc) is 2.22. The van der Waals surface area contributed by atoms with Crippen LogP contribution < -0.4 is 11.5 Å². The second kappa shape index (κ2) is 6.76. The predicted octanol–water partition coefficient (Wildman–Crippen LogP) is 2.35. The van der Waals surface area contributed by atoms with Gasteiger partial charge in [0.1, 0.15) is 0 Å². The summed E-state index contributed by atoms with van der Waals surface area (Å²) in [4.78, 5) is 22.0. The van der Waals surface area contributed by atoms with E-state index in [4.69, 9.17) is 11.5 Å². The van der Waals surface area contributed by atoms with Crippen molar-refractivity contribution in [3.8, 4) is 0 Å². The SMILES string of the molecule is CC(C)(CCCCCCC(N)=O)C(C)(C)C(N)=O. The molecule has 0 aliphatic carbocycles. The Bertz CT molecular complexity index is 296. The maximum Gasteiger partial charge on any atom is 0.223 e. The van der Waals surface area contributed by atoms with E-state index in [0.717, 1.165) is 32.1 Å². The lowest BCUT2D eigenvalue weighted by Crippen LogP contribution is -2.43. The molecule has 0 spiro atoms. The van der Waals surface area contributed by atoms with E-state index >= 15 is 0 Å². The highest BCUT2D eigenvalue weighted by molar-refractivity contribution is 5.80. The monoisotopic (exact) mass is 256 g/mol. The Morgan fingerprint density at radius 3 is 1.83 bits per heavy atom. The Hall–Kier alpha value is -1.06. The summed E-state index contributed by atoms with van der Waals surface area (Å²) in [5.41, 5.74) is 9.92. The van der Waals surface area contributed by atoms with Crippen LogP contribution in [0.1, 0.15) is 66.2 Å². The number of hydrogen-bond acceptors (Lipinski definition) is 2. The quantitative estimate of drug-likeness (QED) is 0.620. The van der Waals surface area contributed by atoms with E-state index in [9.17, 15) is 9.59 Å². The van der Waals surface area contributed by atoms with Gasteiger partial charge in [0, 0.05) is 11.8 Å².